The van der Waals surface area contributed by atoms with E-state index in [0.717, 1.165) is 61.3 Å². The van der Waals surface area contributed by atoms with Gasteiger partial charge in [0.05, 0.1) is 24.9 Å². The van der Waals surface area contributed by atoms with Gasteiger partial charge in [0.2, 0.25) is 5.91 Å². The van der Waals surface area contributed by atoms with Crippen molar-refractivity contribution in [1.29, 1.82) is 0 Å². The molecule has 0 radical (unpaired) electrons. The Morgan fingerprint density at radius 1 is 0.855 bits per heavy atom. The summed E-state index contributed by atoms with van der Waals surface area (Å²) in [7, 11) is 0. The molecule has 304 valence electrons. The quantitative estimate of drug-likeness (QED) is 0.0300. The molecule has 1 aromatic heterocycles. The number of benzene rings is 2. The van der Waals surface area contributed by atoms with Gasteiger partial charge in [-0.3, -0.25) is 14.6 Å². The van der Waals surface area contributed by atoms with Crippen LogP contribution in [0.3, 0.4) is 0 Å². The van der Waals surface area contributed by atoms with Crippen LogP contribution in [0.5, 0.6) is 0 Å². The summed E-state index contributed by atoms with van der Waals surface area (Å²) >= 11 is 5.82. The Kier molecular flexibility index (Phi) is 19.9. The Hall–Kier alpha value is -3.80. The van der Waals surface area contributed by atoms with E-state index in [1.54, 1.807) is 0 Å². The van der Waals surface area contributed by atoms with Crippen LogP contribution in [0.15, 0.2) is 47.6 Å². The smallest absolute Gasteiger partial charge is 0.269 e. The number of amides is 2. The van der Waals surface area contributed by atoms with Crippen LogP contribution in [0, 0.1) is 0 Å². The highest BCUT2D eigenvalue weighted by atomic mass is 35.5. The number of rotatable bonds is 27. The number of aliphatic imine (C=N–C) groups is 1. The molecule has 16 heteroatoms. The minimum absolute atomic E-state index is 0.0407. The fourth-order valence-electron chi connectivity index (χ4n) is 6.33. The maximum atomic E-state index is 12.3. The van der Waals surface area contributed by atoms with Gasteiger partial charge in [-0.15, -0.1) is 0 Å². The maximum absolute atomic E-state index is 12.3. The number of nitrogens with two attached hydrogens (primary N) is 3. The molecular formula is C39H59ClN8O7. The van der Waals surface area contributed by atoms with Crippen molar-refractivity contribution in [3.8, 4) is 0 Å². The first-order valence-electron chi connectivity index (χ1n) is 19.1. The van der Waals surface area contributed by atoms with Gasteiger partial charge in [-0.2, -0.15) is 0 Å². The van der Waals surface area contributed by atoms with Gasteiger partial charge in [0, 0.05) is 13.1 Å². The fraction of sp³-hybridized carbons (Fsp3) is 0.564. The molecule has 0 fully saturated rings. The standard InChI is InChI=1S/C39H59ClN8O7/c1-2-3-4-7-18-48(23-30(50)35(52)36(53)31(51)24-49)19-8-17-44-29(38(42)54)15-12-26-11-14-27-20-25(10-13-28(27)21-26)9-5-6-16-45-37(41)33-34(39(43)55)47-32(40)22-46-33/h10-11,13-14,20-22,29-31,35-36,44,49-53H,2-9,12,15-19,23-24H2,1H3,(H2,41,45)(H2,42,54)(H2,43,55)/t29-,30-,31+,35+,36+/m0/s1. The van der Waals surface area contributed by atoms with Gasteiger partial charge in [-0.1, -0.05) is 74.2 Å². The third kappa shape index (κ3) is 15.3. The first-order valence-corrected chi connectivity index (χ1v) is 19.4. The van der Waals surface area contributed by atoms with Crippen LogP contribution < -0.4 is 22.5 Å². The predicted molar refractivity (Wildman–Crippen MR) is 214 cm³/mol. The summed E-state index contributed by atoms with van der Waals surface area (Å²) in [5, 5.41) is 55.2. The highest BCUT2D eigenvalue weighted by Crippen LogP contribution is 2.21. The van der Waals surface area contributed by atoms with Crippen LogP contribution in [-0.4, -0.2) is 128 Å². The molecule has 12 N–H and O–H groups in total. The van der Waals surface area contributed by atoms with Gasteiger partial charge >= 0.3 is 0 Å². The van der Waals surface area contributed by atoms with Gasteiger partial charge in [0.15, 0.2) is 5.69 Å². The molecule has 3 rings (SSSR count). The van der Waals surface area contributed by atoms with Crippen LogP contribution >= 0.6 is 11.6 Å². The van der Waals surface area contributed by atoms with Crippen LogP contribution in [0.1, 0.15) is 85.6 Å². The lowest BCUT2D eigenvalue weighted by atomic mass is 9.98. The SMILES string of the molecule is CCCCCCN(CCCN[C@@H](CCc1ccc2cc(CCCCN=C(N)c3ncc(Cl)nc3C(N)=O)ccc2c1)C(N)=O)C[C@H](O)[C@@H](O)[C@H](O)[C@H](O)CO. The van der Waals surface area contributed by atoms with E-state index in [2.05, 4.69) is 63.6 Å². The molecule has 2 amide bonds. The molecule has 0 bridgehead atoms. The average Bonchev–Trinajstić information content (AvgIpc) is 3.17. The molecule has 2 aromatic carbocycles. The minimum Gasteiger partial charge on any atom is -0.394 e. The Bertz CT molecular complexity index is 1680. The van der Waals surface area contributed by atoms with Crippen molar-refractivity contribution in [2.75, 3.05) is 39.3 Å². The number of unbranched alkanes of at least 4 members (excludes halogenated alkanes) is 4. The van der Waals surface area contributed by atoms with E-state index in [-0.39, 0.29) is 28.9 Å². The molecule has 0 aliphatic carbocycles. The van der Waals surface area contributed by atoms with E-state index in [9.17, 15) is 30.0 Å². The Balaban J connectivity index is 1.47. The van der Waals surface area contributed by atoms with Crippen LogP contribution in [-0.2, 0) is 17.6 Å². The second-order valence-corrected chi connectivity index (χ2v) is 14.3. The number of carbonyl (C=O) groups is 2. The number of aromatic nitrogens is 2. The highest BCUT2D eigenvalue weighted by molar-refractivity contribution is 6.29. The zero-order chi connectivity index (χ0) is 40.3. The van der Waals surface area contributed by atoms with Gasteiger partial charge < -0.3 is 53.0 Å². The maximum Gasteiger partial charge on any atom is 0.269 e. The van der Waals surface area contributed by atoms with E-state index in [0.29, 0.717) is 45.4 Å². The molecule has 5 atom stereocenters. The third-order valence-corrected chi connectivity index (χ3v) is 9.73. The normalized spacial score (nSPS) is 14.9. The molecule has 1 heterocycles. The van der Waals surface area contributed by atoms with Crippen molar-refractivity contribution in [2.45, 2.75) is 102 Å². The molecule has 0 spiro atoms. The monoisotopic (exact) mass is 786 g/mol. The van der Waals surface area contributed by atoms with Gasteiger partial charge in [-0.05, 0) is 86.5 Å². The number of nitrogens with one attached hydrogen (secondary N) is 1. The minimum atomic E-state index is -1.67. The summed E-state index contributed by atoms with van der Waals surface area (Å²) < 4.78 is 0. The van der Waals surface area contributed by atoms with Gasteiger partial charge in [0.1, 0.15) is 35.0 Å². The number of aliphatic hydroxyl groups excluding tert-OH is 5. The number of fused-ring (bicyclic) bond motifs is 1. The fourth-order valence-corrected chi connectivity index (χ4v) is 6.46. The molecule has 0 saturated carbocycles. The van der Waals surface area contributed by atoms with Crippen LogP contribution in [0.4, 0.5) is 0 Å². The van der Waals surface area contributed by atoms with Crippen molar-refractivity contribution < 1.29 is 35.1 Å². The third-order valence-electron chi connectivity index (χ3n) is 9.55. The lowest BCUT2D eigenvalue weighted by molar-refractivity contribution is -0.120. The largest absolute Gasteiger partial charge is 0.394 e. The molecule has 3 aromatic rings. The Labute approximate surface area is 328 Å². The molecule has 15 nitrogen and oxygen atoms in total. The lowest BCUT2D eigenvalue weighted by Gasteiger charge is -2.30. The van der Waals surface area contributed by atoms with E-state index >= 15 is 0 Å². The zero-order valence-electron chi connectivity index (χ0n) is 31.7. The van der Waals surface area contributed by atoms with Crippen molar-refractivity contribution >= 4 is 40.0 Å². The second kappa shape index (κ2) is 24.0. The van der Waals surface area contributed by atoms with Gasteiger partial charge in [0.25, 0.3) is 5.91 Å². The first-order chi connectivity index (χ1) is 26.3. The topological polar surface area (TPSA) is 267 Å². The Morgan fingerprint density at radius 2 is 1.51 bits per heavy atom. The number of primary amides is 2. The Morgan fingerprint density at radius 3 is 2.15 bits per heavy atom. The summed E-state index contributed by atoms with van der Waals surface area (Å²) in [6.07, 6.45) is 3.54. The van der Waals surface area contributed by atoms with Crippen LogP contribution in [0.2, 0.25) is 5.15 Å². The van der Waals surface area contributed by atoms with Crippen LogP contribution in [0.25, 0.3) is 10.8 Å². The molecule has 55 heavy (non-hydrogen) atoms. The van der Waals surface area contributed by atoms with Crippen molar-refractivity contribution in [2.24, 2.45) is 22.2 Å². The number of aryl methyl sites for hydroxylation is 2. The number of aliphatic hydroxyl groups is 5. The van der Waals surface area contributed by atoms with Gasteiger partial charge in [-0.25, -0.2) is 9.97 Å². The molecular weight excluding hydrogens is 728 g/mol. The number of nitrogens with zero attached hydrogens (tertiary/aromatic N) is 4. The van der Waals surface area contributed by atoms with E-state index in [1.165, 1.54) is 11.8 Å². The summed E-state index contributed by atoms with van der Waals surface area (Å²) in [6.45, 7) is 3.68. The second-order valence-electron chi connectivity index (χ2n) is 14.0. The number of hydrogen-bond donors (Lipinski definition) is 9. The zero-order valence-corrected chi connectivity index (χ0v) is 32.4. The first kappa shape index (κ1) is 45.6. The molecule has 0 saturated heterocycles. The number of hydrogen-bond acceptors (Lipinski definition) is 12. The number of halogens is 1. The average molecular weight is 787 g/mol. The number of amidine groups is 1. The van der Waals surface area contributed by atoms with Crippen molar-refractivity contribution in [3.05, 3.63) is 70.3 Å². The van der Waals surface area contributed by atoms with E-state index in [1.807, 2.05) is 4.90 Å². The summed E-state index contributed by atoms with van der Waals surface area (Å²) in [5.74, 6) is -1.13. The van der Waals surface area contributed by atoms with Crippen molar-refractivity contribution in [1.82, 2.24) is 20.2 Å². The highest BCUT2D eigenvalue weighted by Gasteiger charge is 2.31. The molecule has 0 unspecified atom stereocenters. The lowest BCUT2D eigenvalue weighted by Crippen LogP contribution is -2.50. The summed E-state index contributed by atoms with van der Waals surface area (Å²) in [6, 6.07) is 12.1. The summed E-state index contributed by atoms with van der Waals surface area (Å²) in [5.41, 5.74) is 19.4. The molecule has 0 aliphatic rings. The van der Waals surface area contributed by atoms with Crippen molar-refractivity contribution in [3.63, 3.8) is 0 Å². The number of carbonyl (C=O) groups excluding carboxylic acids is 2. The summed E-state index contributed by atoms with van der Waals surface area (Å²) in [4.78, 5) is 38.3. The predicted octanol–water partition coefficient (Wildman–Crippen LogP) is 1.19. The molecule has 0 aliphatic heterocycles. The van der Waals surface area contributed by atoms with E-state index in [4.69, 9.17) is 33.9 Å². The van der Waals surface area contributed by atoms with E-state index < -0.39 is 48.9 Å².